The van der Waals surface area contributed by atoms with Gasteiger partial charge in [-0.05, 0) is 12.1 Å². The highest BCUT2D eigenvalue weighted by Gasteiger charge is 2.29. The lowest BCUT2D eigenvalue weighted by Gasteiger charge is -2.28. The van der Waals surface area contributed by atoms with Gasteiger partial charge in [-0.2, -0.15) is 0 Å². The fraction of sp³-hybridized carbons (Fsp3) is 0.500. The van der Waals surface area contributed by atoms with Gasteiger partial charge in [-0.3, -0.25) is 0 Å². The molecule has 1 aromatic carbocycles. The summed E-state index contributed by atoms with van der Waals surface area (Å²) in [6.45, 7) is 6.91. The molecule has 2 unspecified atom stereocenters. The normalized spacial score (nSPS) is 23.6. The van der Waals surface area contributed by atoms with E-state index in [0.717, 1.165) is 11.3 Å². The number of para-hydroxylation sites is 1. The average molecular weight is 262 g/mol. The highest BCUT2D eigenvalue weighted by Crippen LogP contribution is 2.32. The van der Waals surface area contributed by atoms with E-state index in [4.69, 9.17) is 14.2 Å². The van der Waals surface area contributed by atoms with Gasteiger partial charge in [-0.15, -0.1) is 0 Å². The summed E-state index contributed by atoms with van der Waals surface area (Å²) < 4.78 is 16.9. The van der Waals surface area contributed by atoms with Crippen molar-refractivity contribution in [2.75, 3.05) is 13.7 Å². The van der Waals surface area contributed by atoms with Crippen LogP contribution in [-0.4, -0.2) is 20.0 Å². The third-order valence-corrected chi connectivity index (χ3v) is 3.19. The van der Waals surface area contributed by atoms with Crippen molar-refractivity contribution in [1.82, 2.24) is 0 Å². The van der Waals surface area contributed by atoms with Gasteiger partial charge in [0.1, 0.15) is 5.75 Å². The van der Waals surface area contributed by atoms with Crippen molar-refractivity contribution in [1.29, 1.82) is 0 Å². The Morgan fingerprint density at radius 2 is 1.95 bits per heavy atom. The molecule has 0 amide bonds. The molecule has 1 aliphatic rings. The van der Waals surface area contributed by atoms with E-state index in [-0.39, 0.29) is 17.6 Å². The van der Waals surface area contributed by atoms with E-state index in [1.165, 1.54) is 0 Å². The average Bonchev–Trinajstić information content (AvgIpc) is 2.64. The predicted molar refractivity (Wildman–Crippen MR) is 75.2 cm³/mol. The van der Waals surface area contributed by atoms with Gasteiger partial charge in [0.2, 0.25) is 6.29 Å². The topological polar surface area (TPSA) is 27.7 Å². The van der Waals surface area contributed by atoms with Crippen LogP contribution in [0.25, 0.3) is 0 Å². The van der Waals surface area contributed by atoms with Crippen LogP contribution in [0.3, 0.4) is 0 Å². The molecular weight excluding hydrogens is 240 g/mol. The van der Waals surface area contributed by atoms with Gasteiger partial charge in [0.05, 0.1) is 20.0 Å². The molecule has 0 saturated carbocycles. The number of methoxy groups -OCH3 is 1. The molecule has 1 aromatic rings. The number of rotatable bonds is 2. The minimum absolute atomic E-state index is 0.0417. The summed E-state index contributed by atoms with van der Waals surface area (Å²) in [5, 5.41) is 0. The van der Waals surface area contributed by atoms with Crippen LogP contribution in [0.2, 0.25) is 0 Å². The van der Waals surface area contributed by atoms with Gasteiger partial charge in [-0.1, -0.05) is 39.0 Å². The molecule has 1 heterocycles. The molecule has 0 N–H and O–H groups in total. The van der Waals surface area contributed by atoms with Crippen LogP contribution in [0.5, 0.6) is 5.75 Å². The zero-order valence-corrected chi connectivity index (χ0v) is 12.1. The van der Waals surface area contributed by atoms with E-state index >= 15 is 0 Å². The molecule has 0 bridgehead atoms. The van der Waals surface area contributed by atoms with Crippen LogP contribution in [0.15, 0.2) is 36.6 Å². The molecule has 0 aliphatic carbocycles. The maximum absolute atomic E-state index is 5.89. The first-order valence-corrected chi connectivity index (χ1v) is 6.59. The lowest BCUT2D eigenvalue weighted by Crippen LogP contribution is -2.30. The van der Waals surface area contributed by atoms with Crippen molar-refractivity contribution in [3.05, 3.63) is 42.2 Å². The van der Waals surface area contributed by atoms with Crippen molar-refractivity contribution in [3.8, 4) is 5.75 Å². The maximum atomic E-state index is 5.89. The van der Waals surface area contributed by atoms with Crippen molar-refractivity contribution in [2.45, 2.75) is 33.0 Å². The van der Waals surface area contributed by atoms with Gasteiger partial charge in [0.15, 0.2) is 0 Å². The van der Waals surface area contributed by atoms with Crippen molar-refractivity contribution in [2.24, 2.45) is 5.41 Å². The zero-order valence-electron chi connectivity index (χ0n) is 12.1. The molecule has 104 valence electrons. The van der Waals surface area contributed by atoms with E-state index in [1.807, 2.05) is 24.3 Å². The molecule has 0 fully saturated rings. The number of ether oxygens (including phenoxy) is 3. The SMILES string of the molecule is COc1ccccc1C1C=COC(C(C)(C)C)OC1. The monoisotopic (exact) mass is 262 g/mol. The molecule has 1 aliphatic heterocycles. The highest BCUT2D eigenvalue weighted by atomic mass is 16.7. The molecule has 3 heteroatoms. The number of hydrogen-bond acceptors (Lipinski definition) is 3. The summed E-state index contributed by atoms with van der Waals surface area (Å²) in [4.78, 5) is 0. The van der Waals surface area contributed by atoms with Crippen LogP contribution in [0.1, 0.15) is 32.3 Å². The molecule has 0 saturated heterocycles. The Kier molecular flexibility index (Phi) is 4.15. The molecule has 0 radical (unpaired) electrons. The lowest BCUT2D eigenvalue weighted by molar-refractivity contribution is -0.159. The Morgan fingerprint density at radius 3 is 2.63 bits per heavy atom. The summed E-state index contributed by atoms with van der Waals surface area (Å²) >= 11 is 0. The lowest BCUT2D eigenvalue weighted by atomic mass is 9.96. The van der Waals surface area contributed by atoms with Crippen molar-refractivity contribution >= 4 is 0 Å². The Bertz CT molecular complexity index is 446. The van der Waals surface area contributed by atoms with E-state index in [9.17, 15) is 0 Å². The number of hydrogen-bond donors (Lipinski definition) is 0. The van der Waals surface area contributed by atoms with E-state index in [1.54, 1.807) is 13.4 Å². The molecule has 0 spiro atoms. The van der Waals surface area contributed by atoms with Crippen LogP contribution < -0.4 is 4.74 Å². The summed E-state index contributed by atoms with van der Waals surface area (Å²) in [6, 6.07) is 8.02. The van der Waals surface area contributed by atoms with E-state index in [2.05, 4.69) is 26.8 Å². The minimum Gasteiger partial charge on any atom is -0.496 e. The second kappa shape index (κ2) is 5.66. The first-order chi connectivity index (χ1) is 9.02. The fourth-order valence-electron chi connectivity index (χ4n) is 2.12. The molecule has 0 aromatic heterocycles. The first-order valence-electron chi connectivity index (χ1n) is 6.59. The summed E-state index contributed by atoms with van der Waals surface area (Å²) in [5.74, 6) is 1.04. The van der Waals surface area contributed by atoms with Crippen molar-refractivity contribution < 1.29 is 14.2 Å². The van der Waals surface area contributed by atoms with Gasteiger partial charge >= 0.3 is 0 Å². The maximum Gasteiger partial charge on any atom is 0.203 e. The van der Waals surface area contributed by atoms with Gasteiger partial charge in [0.25, 0.3) is 0 Å². The van der Waals surface area contributed by atoms with Crippen LogP contribution >= 0.6 is 0 Å². The third-order valence-electron chi connectivity index (χ3n) is 3.19. The molecule has 2 atom stereocenters. The minimum atomic E-state index is -0.219. The van der Waals surface area contributed by atoms with Crippen LogP contribution in [0, 0.1) is 5.41 Å². The second-order valence-corrected chi connectivity index (χ2v) is 5.84. The van der Waals surface area contributed by atoms with Crippen LogP contribution in [-0.2, 0) is 9.47 Å². The van der Waals surface area contributed by atoms with Gasteiger partial charge in [-0.25, -0.2) is 0 Å². The number of benzene rings is 1. The van der Waals surface area contributed by atoms with Crippen LogP contribution in [0.4, 0.5) is 0 Å². The van der Waals surface area contributed by atoms with Crippen molar-refractivity contribution in [3.63, 3.8) is 0 Å². The van der Waals surface area contributed by atoms with E-state index < -0.39 is 0 Å². The summed E-state index contributed by atoms with van der Waals surface area (Å²) in [6.07, 6.45) is 3.56. The predicted octanol–water partition coefficient (Wildman–Crippen LogP) is 3.71. The summed E-state index contributed by atoms with van der Waals surface area (Å²) in [5.41, 5.74) is 1.08. The van der Waals surface area contributed by atoms with Gasteiger partial charge < -0.3 is 14.2 Å². The standard InChI is InChI=1S/C16H22O3/c1-16(2,3)15-18-10-9-12(11-19-15)13-7-5-6-8-14(13)17-4/h5-10,12,15H,11H2,1-4H3. The molecule has 19 heavy (non-hydrogen) atoms. The molecule has 3 nitrogen and oxygen atoms in total. The highest BCUT2D eigenvalue weighted by molar-refractivity contribution is 5.38. The Hall–Kier alpha value is -1.48. The second-order valence-electron chi connectivity index (χ2n) is 5.84. The summed E-state index contributed by atoms with van der Waals surface area (Å²) in [7, 11) is 1.69. The zero-order chi connectivity index (χ0) is 13.9. The molecular formula is C16H22O3. The fourth-order valence-corrected chi connectivity index (χ4v) is 2.12. The Balaban J connectivity index is 2.16. The smallest absolute Gasteiger partial charge is 0.203 e. The van der Waals surface area contributed by atoms with E-state index in [0.29, 0.717) is 6.61 Å². The Labute approximate surface area is 115 Å². The largest absolute Gasteiger partial charge is 0.496 e. The molecule has 2 rings (SSSR count). The Morgan fingerprint density at radius 1 is 1.21 bits per heavy atom. The van der Waals surface area contributed by atoms with Gasteiger partial charge in [0, 0.05) is 16.9 Å². The quantitative estimate of drug-likeness (QED) is 0.813. The first kappa shape index (κ1) is 13.9. The third kappa shape index (κ3) is 3.29.